The van der Waals surface area contributed by atoms with Gasteiger partial charge in [0.1, 0.15) is 5.75 Å². The van der Waals surface area contributed by atoms with Crippen molar-refractivity contribution in [1.82, 2.24) is 4.90 Å². The Balaban J connectivity index is 1.67. The summed E-state index contributed by atoms with van der Waals surface area (Å²) in [6.45, 7) is 7.62. The average molecular weight is 273 g/mol. The Kier molecular flexibility index (Phi) is 6.13. The molecular formula is C18H27NO. The molecule has 110 valence electrons. The van der Waals surface area contributed by atoms with Crippen LogP contribution in [-0.2, 0) is 0 Å². The van der Waals surface area contributed by atoms with Crippen LogP contribution < -0.4 is 4.74 Å². The predicted molar refractivity (Wildman–Crippen MR) is 86.1 cm³/mol. The molecule has 0 spiro atoms. The van der Waals surface area contributed by atoms with Crippen molar-refractivity contribution in [1.29, 1.82) is 0 Å². The van der Waals surface area contributed by atoms with E-state index in [1.54, 1.807) is 0 Å². The minimum Gasteiger partial charge on any atom is -0.494 e. The van der Waals surface area contributed by atoms with Crippen LogP contribution in [0.5, 0.6) is 5.75 Å². The Hall–Kier alpha value is -1.28. The van der Waals surface area contributed by atoms with Gasteiger partial charge in [-0.15, -0.1) is 0 Å². The lowest BCUT2D eigenvalue weighted by Gasteiger charge is -2.33. The lowest BCUT2D eigenvalue weighted by atomic mass is 10.0. The van der Waals surface area contributed by atoms with Crippen LogP contribution in [-0.4, -0.2) is 30.6 Å². The molecule has 0 aliphatic carbocycles. The standard InChI is InChI=1S/C18H27NO/c1-3-7-17-9-11-18(12-10-17)20-15-6-14-19-13-5-4-8-16(19)2/h3,7,9-12,16H,4-6,8,13-15H2,1-2H3/b7-3+. The van der Waals surface area contributed by atoms with Crippen LogP contribution in [0, 0.1) is 0 Å². The highest BCUT2D eigenvalue weighted by molar-refractivity contribution is 5.50. The number of benzene rings is 1. The number of nitrogens with zero attached hydrogens (tertiary/aromatic N) is 1. The third-order valence-corrected chi connectivity index (χ3v) is 4.04. The van der Waals surface area contributed by atoms with E-state index in [-0.39, 0.29) is 0 Å². The minimum absolute atomic E-state index is 0.754. The highest BCUT2D eigenvalue weighted by Crippen LogP contribution is 2.17. The fourth-order valence-electron chi connectivity index (χ4n) is 2.82. The molecule has 20 heavy (non-hydrogen) atoms. The Morgan fingerprint density at radius 3 is 2.75 bits per heavy atom. The molecule has 1 unspecified atom stereocenters. The summed E-state index contributed by atoms with van der Waals surface area (Å²) >= 11 is 0. The topological polar surface area (TPSA) is 12.5 Å². The van der Waals surface area contributed by atoms with Gasteiger partial charge < -0.3 is 9.64 Å². The Morgan fingerprint density at radius 1 is 1.25 bits per heavy atom. The fraction of sp³-hybridized carbons (Fsp3) is 0.556. The molecular weight excluding hydrogens is 246 g/mol. The number of rotatable bonds is 6. The van der Waals surface area contributed by atoms with E-state index < -0.39 is 0 Å². The molecule has 1 aromatic rings. The maximum atomic E-state index is 5.81. The zero-order valence-electron chi connectivity index (χ0n) is 12.8. The highest BCUT2D eigenvalue weighted by Gasteiger charge is 2.17. The van der Waals surface area contributed by atoms with Crippen molar-refractivity contribution in [3.8, 4) is 5.75 Å². The molecule has 0 bridgehead atoms. The second-order valence-corrected chi connectivity index (χ2v) is 5.65. The normalized spacial score (nSPS) is 20.4. The molecule has 1 fully saturated rings. The number of ether oxygens (including phenoxy) is 1. The molecule has 0 N–H and O–H groups in total. The first-order valence-corrected chi connectivity index (χ1v) is 7.89. The summed E-state index contributed by atoms with van der Waals surface area (Å²) in [7, 11) is 0. The summed E-state index contributed by atoms with van der Waals surface area (Å²) in [5, 5.41) is 0. The van der Waals surface area contributed by atoms with E-state index >= 15 is 0 Å². The molecule has 0 aromatic heterocycles. The molecule has 0 radical (unpaired) electrons. The summed E-state index contributed by atoms with van der Waals surface area (Å²) in [4.78, 5) is 2.60. The monoisotopic (exact) mass is 273 g/mol. The zero-order chi connectivity index (χ0) is 14.2. The maximum Gasteiger partial charge on any atom is 0.119 e. The first kappa shape index (κ1) is 15.1. The lowest BCUT2D eigenvalue weighted by molar-refractivity contribution is 0.148. The van der Waals surface area contributed by atoms with Crippen molar-refractivity contribution in [2.24, 2.45) is 0 Å². The minimum atomic E-state index is 0.754. The smallest absolute Gasteiger partial charge is 0.119 e. The van der Waals surface area contributed by atoms with Gasteiger partial charge in [-0.1, -0.05) is 30.7 Å². The van der Waals surface area contributed by atoms with E-state index in [0.717, 1.165) is 31.4 Å². The summed E-state index contributed by atoms with van der Waals surface area (Å²) in [6, 6.07) is 9.06. The fourth-order valence-corrected chi connectivity index (χ4v) is 2.82. The van der Waals surface area contributed by atoms with Crippen molar-refractivity contribution < 1.29 is 4.74 Å². The second-order valence-electron chi connectivity index (χ2n) is 5.65. The first-order valence-electron chi connectivity index (χ1n) is 7.89. The van der Waals surface area contributed by atoms with Gasteiger partial charge in [-0.3, -0.25) is 0 Å². The van der Waals surface area contributed by atoms with Crippen LogP contribution in [0.15, 0.2) is 30.3 Å². The van der Waals surface area contributed by atoms with Crippen LogP contribution in [0.1, 0.15) is 45.1 Å². The van der Waals surface area contributed by atoms with E-state index in [1.165, 1.54) is 31.4 Å². The van der Waals surface area contributed by atoms with Gasteiger partial charge >= 0.3 is 0 Å². The van der Waals surface area contributed by atoms with Crippen LogP contribution in [0.2, 0.25) is 0 Å². The van der Waals surface area contributed by atoms with Crippen molar-refractivity contribution in [2.75, 3.05) is 19.7 Å². The van der Waals surface area contributed by atoms with Crippen LogP contribution in [0.4, 0.5) is 0 Å². The molecule has 2 nitrogen and oxygen atoms in total. The third-order valence-electron chi connectivity index (χ3n) is 4.04. The lowest BCUT2D eigenvalue weighted by Crippen LogP contribution is -2.38. The predicted octanol–water partition coefficient (Wildman–Crippen LogP) is 4.36. The molecule has 1 saturated heterocycles. The first-order chi connectivity index (χ1) is 9.79. The van der Waals surface area contributed by atoms with Gasteiger partial charge in [-0.05, 0) is 57.4 Å². The van der Waals surface area contributed by atoms with Crippen molar-refractivity contribution in [3.63, 3.8) is 0 Å². The van der Waals surface area contributed by atoms with Gasteiger partial charge in [-0.25, -0.2) is 0 Å². The third kappa shape index (κ3) is 4.68. The maximum absolute atomic E-state index is 5.81. The van der Waals surface area contributed by atoms with Gasteiger partial charge in [0, 0.05) is 12.6 Å². The number of hydrogen-bond donors (Lipinski definition) is 0. The van der Waals surface area contributed by atoms with Crippen LogP contribution >= 0.6 is 0 Å². The average Bonchev–Trinajstić information content (AvgIpc) is 2.47. The summed E-state index contributed by atoms with van der Waals surface area (Å²) in [5.41, 5.74) is 1.22. The summed E-state index contributed by atoms with van der Waals surface area (Å²) in [6.07, 6.45) is 9.37. The van der Waals surface area contributed by atoms with E-state index in [9.17, 15) is 0 Å². The molecule has 1 aromatic carbocycles. The van der Waals surface area contributed by atoms with E-state index in [2.05, 4.69) is 48.2 Å². The number of likely N-dealkylation sites (tertiary alicyclic amines) is 1. The van der Waals surface area contributed by atoms with Gasteiger partial charge in [0.05, 0.1) is 6.61 Å². The molecule has 0 amide bonds. The van der Waals surface area contributed by atoms with Gasteiger partial charge in [0.15, 0.2) is 0 Å². The number of piperidine rings is 1. The van der Waals surface area contributed by atoms with Crippen LogP contribution in [0.25, 0.3) is 6.08 Å². The number of allylic oxidation sites excluding steroid dienone is 1. The molecule has 1 aliphatic rings. The van der Waals surface area contributed by atoms with Crippen molar-refractivity contribution in [3.05, 3.63) is 35.9 Å². The van der Waals surface area contributed by atoms with Gasteiger partial charge in [0.25, 0.3) is 0 Å². The van der Waals surface area contributed by atoms with Gasteiger partial charge in [0.2, 0.25) is 0 Å². The molecule has 2 rings (SSSR count). The largest absolute Gasteiger partial charge is 0.494 e. The second kappa shape index (κ2) is 8.11. The number of hydrogen-bond acceptors (Lipinski definition) is 2. The Labute approximate surface area is 123 Å². The summed E-state index contributed by atoms with van der Waals surface area (Å²) in [5.74, 6) is 0.977. The van der Waals surface area contributed by atoms with E-state index in [0.29, 0.717) is 0 Å². The molecule has 0 saturated carbocycles. The van der Waals surface area contributed by atoms with Crippen LogP contribution in [0.3, 0.4) is 0 Å². The van der Waals surface area contributed by atoms with Gasteiger partial charge in [-0.2, -0.15) is 0 Å². The molecule has 1 heterocycles. The van der Waals surface area contributed by atoms with Crippen molar-refractivity contribution in [2.45, 2.75) is 45.6 Å². The highest BCUT2D eigenvalue weighted by atomic mass is 16.5. The van der Waals surface area contributed by atoms with E-state index in [4.69, 9.17) is 4.74 Å². The van der Waals surface area contributed by atoms with E-state index in [1.807, 2.05) is 6.92 Å². The molecule has 1 atom stereocenters. The van der Waals surface area contributed by atoms with Crippen molar-refractivity contribution >= 4 is 6.08 Å². The molecule has 1 aliphatic heterocycles. The summed E-state index contributed by atoms with van der Waals surface area (Å²) < 4.78 is 5.81. The Morgan fingerprint density at radius 2 is 2.05 bits per heavy atom. The zero-order valence-corrected chi connectivity index (χ0v) is 12.8. The SMILES string of the molecule is C/C=C/c1ccc(OCCCN2CCCCC2C)cc1. The Bertz CT molecular complexity index is 410. The molecule has 2 heteroatoms. The quantitative estimate of drug-likeness (QED) is 0.714.